The largest absolute Gasteiger partial charge is 0.340 e. The van der Waals surface area contributed by atoms with E-state index in [1.54, 1.807) is 17.8 Å². The third-order valence-corrected chi connectivity index (χ3v) is 2.86. The van der Waals surface area contributed by atoms with Crippen LogP contribution in [-0.4, -0.2) is 18.0 Å². The van der Waals surface area contributed by atoms with Crippen molar-refractivity contribution in [2.75, 3.05) is 0 Å². The van der Waals surface area contributed by atoms with Gasteiger partial charge in [0.2, 0.25) is 10.0 Å². The van der Waals surface area contributed by atoms with Crippen molar-refractivity contribution < 1.29 is 8.42 Å². The van der Waals surface area contributed by atoms with Gasteiger partial charge < -0.3 is 4.57 Å². The molecule has 0 saturated carbocycles. The van der Waals surface area contributed by atoms with Gasteiger partial charge in [0.15, 0.2) is 0 Å². The zero-order valence-electron chi connectivity index (χ0n) is 6.93. The van der Waals surface area contributed by atoms with Crippen molar-refractivity contribution in [3.63, 3.8) is 0 Å². The Morgan fingerprint density at radius 2 is 2.25 bits per heavy atom. The number of hydrogen-bond acceptors (Lipinski definition) is 3. The Kier molecular flexibility index (Phi) is 2.20. The summed E-state index contributed by atoms with van der Waals surface area (Å²) in [7, 11) is -1.75. The molecule has 2 N–H and O–H groups in total. The van der Waals surface area contributed by atoms with Crippen LogP contribution in [0.15, 0.2) is 12.5 Å². The first-order chi connectivity index (χ1) is 5.41. The second-order valence-electron chi connectivity index (χ2n) is 2.70. The van der Waals surface area contributed by atoms with Crippen molar-refractivity contribution in [3.8, 4) is 0 Å². The van der Waals surface area contributed by atoms with Crippen molar-refractivity contribution in [1.82, 2.24) is 9.55 Å². The third-order valence-electron chi connectivity index (χ3n) is 1.63. The Morgan fingerprint density at radius 3 is 2.58 bits per heavy atom. The van der Waals surface area contributed by atoms with Gasteiger partial charge in [-0.2, -0.15) is 0 Å². The molecule has 6 heteroatoms. The molecule has 0 saturated heterocycles. The average Bonchev–Trinajstić information content (AvgIpc) is 2.32. The lowest BCUT2D eigenvalue weighted by atomic mass is 10.4. The maximum Gasteiger partial charge on any atom is 0.217 e. The standard InChI is InChI=1S/C6H11N3O2S/c1-5(12(7,10)11)6-3-9(2)4-8-6/h3-5H,1-2H3,(H2,7,10,11). The van der Waals surface area contributed by atoms with Gasteiger partial charge in [0.25, 0.3) is 0 Å². The lowest BCUT2D eigenvalue weighted by molar-refractivity contribution is 0.587. The fourth-order valence-electron chi connectivity index (χ4n) is 0.811. The zero-order chi connectivity index (χ0) is 9.35. The van der Waals surface area contributed by atoms with Gasteiger partial charge >= 0.3 is 0 Å². The molecule has 1 atom stereocenters. The molecule has 1 aromatic heterocycles. The van der Waals surface area contributed by atoms with E-state index in [0.717, 1.165) is 0 Å². The SMILES string of the molecule is CC(c1cn(C)cn1)S(N)(=O)=O. The summed E-state index contributed by atoms with van der Waals surface area (Å²) >= 11 is 0. The van der Waals surface area contributed by atoms with Crippen LogP contribution in [-0.2, 0) is 17.1 Å². The van der Waals surface area contributed by atoms with Crippen LogP contribution in [0, 0.1) is 0 Å². The fraction of sp³-hybridized carbons (Fsp3) is 0.500. The van der Waals surface area contributed by atoms with E-state index in [0.29, 0.717) is 5.69 Å². The molecule has 0 radical (unpaired) electrons. The number of hydrogen-bond donors (Lipinski definition) is 1. The van der Waals surface area contributed by atoms with Crippen LogP contribution >= 0.6 is 0 Å². The summed E-state index contributed by atoms with van der Waals surface area (Å²) in [6, 6.07) is 0. The predicted molar refractivity (Wildman–Crippen MR) is 44.7 cm³/mol. The Bertz CT molecular complexity index is 368. The molecule has 0 aliphatic heterocycles. The Morgan fingerprint density at radius 1 is 1.67 bits per heavy atom. The van der Waals surface area contributed by atoms with E-state index in [-0.39, 0.29) is 0 Å². The van der Waals surface area contributed by atoms with E-state index in [9.17, 15) is 8.42 Å². The number of imidazole rings is 1. The second-order valence-corrected chi connectivity index (χ2v) is 4.58. The summed E-state index contributed by atoms with van der Waals surface area (Å²) in [6.45, 7) is 1.51. The van der Waals surface area contributed by atoms with Crippen molar-refractivity contribution in [1.29, 1.82) is 0 Å². The number of aromatic nitrogens is 2. The highest BCUT2D eigenvalue weighted by Gasteiger charge is 2.19. The summed E-state index contributed by atoms with van der Waals surface area (Å²) in [5.74, 6) is 0. The number of nitrogens with zero attached hydrogens (tertiary/aromatic N) is 2. The maximum atomic E-state index is 10.9. The molecule has 0 bridgehead atoms. The van der Waals surface area contributed by atoms with Gasteiger partial charge in [-0.05, 0) is 6.92 Å². The summed E-state index contributed by atoms with van der Waals surface area (Å²) in [5, 5.41) is 4.21. The van der Waals surface area contributed by atoms with Gasteiger partial charge in [-0.3, -0.25) is 0 Å². The van der Waals surface area contributed by atoms with Crippen molar-refractivity contribution >= 4 is 10.0 Å². The van der Waals surface area contributed by atoms with E-state index in [2.05, 4.69) is 4.98 Å². The first kappa shape index (κ1) is 9.21. The fourth-order valence-corrected chi connectivity index (χ4v) is 1.27. The summed E-state index contributed by atoms with van der Waals surface area (Å²) in [5.41, 5.74) is 0.472. The van der Waals surface area contributed by atoms with Crippen LogP contribution in [0.25, 0.3) is 0 Å². The maximum absolute atomic E-state index is 10.9. The van der Waals surface area contributed by atoms with Crippen LogP contribution < -0.4 is 5.14 Å². The van der Waals surface area contributed by atoms with E-state index in [4.69, 9.17) is 5.14 Å². The summed E-state index contributed by atoms with van der Waals surface area (Å²) in [6.07, 6.45) is 3.17. The normalized spacial score (nSPS) is 14.6. The second kappa shape index (κ2) is 2.87. The molecular weight excluding hydrogens is 178 g/mol. The van der Waals surface area contributed by atoms with Crippen molar-refractivity contribution in [2.45, 2.75) is 12.2 Å². The van der Waals surface area contributed by atoms with E-state index < -0.39 is 15.3 Å². The lowest BCUT2D eigenvalue weighted by Gasteiger charge is -2.03. The first-order valence-electron chi connectivity index (χ1n) is 3.40. The van der Waals surface area contributed by atoms with Gasteiger partial charge in [0, 0.05) is 13.2 Å². The molecule has 1 heterocycles. The molecule has 0 aliphatic rings. The summed E-state index contributed by atoms with van der Waals surface area (Å²) < 4.78 is 23.4. The molecule has 1 unspecified atom stereocenters. The van der Waals surface area contributed by atoms with E-state index in [1.165, 1.54) is 13.3 Å². The molecule has 5 nitrogen and oxygen atoms in total. The minimum atomic E-state index is -3.52. The number of aryl methyl sites for hydroxylation is 1. The summed E-state index contributed by atoms with van der Waals surface area (Å²) in [4.78, 5) is 3.89. The molecule has 0 amide bonds. The lowest BCUT2D eigenvalue weighted by Crippen LogP contribution is -2.19. The van der Waals surface area contributed by atoms with Gasteiger partial charge in [-0.15, -0.1) is 0 Å². The smallest absolute Gasteiger partial charge is 0.217 e. The van der Waals surface area contributed by atoms with Crippen molar-refractivity contribution in [3.05, 3.63) is 18.2 Å². The minimum absolute atomic E-state index is 0.472. The quantitative estimate of drug-likeness (QED) is 0.698. The molecule has 0 aliphatic carbocycles. The molecule has 1 rings (SSSR count). The van der Waals surface area contributed by atoms with Crippen LogP contribution in [0.2, 0.25) is 0 Å². The van der Waals surface area contributed by atoms with Crippen LogP contribution in [0.1, 0.15) is 17.9 Å². The Hall–Kier alpha value is -0.880. The van der Waals surface area contributed by atoms with E-state index >= 15 is 0 Å². The molecule has 12 heavy (non-hydrogen) atoms. The number of primary sulfonamides is 1. The Balaban J connectivity index is 3.01. The highest BCUT2D eigenvalue weighted by atomic mass is 32.2. The van der Waals surface area contributed by atoms with Crippen LogP contribution in [0.3, 0.4) is 0 Å². The van der Waals surface area contributed by atoms with Crippen LogP contribution in [0.4, 0.5) is 0 Å². The number of rotatable bonds is 2. The third kappa shape index (κ3) is 1.83. The van der Waals surface area contributed by atoms with E-state index in [1.807, 2.05) is 0 Å². The van der Waals surface area contributed by atoms with Crippen LogP contribution in [0.5, 0.6) is 0 Å². The predicted octanol–water partition coefficient (Wildman–Crippen LogP) is -0.230. The minimum Gasteiger partial charge on any atom is -0.340 e. The molecular formula is C6H11N3O2S. The molecule has 0 aromatic carbocycles. The van der Waals surface area contributed by atoms with Crippen molar-refractivity contribution in [2.24, 2.45) is 12.2 Å². The monoisotopic (exact) mass is 189 g/mol. The number of sulfonamides is 1. The zero-order valence-corrected chi connectivity index (χ0v) is 7.75. The van der Waals surface area contributed by atoms with Gasteiger partial charge in [-0.25, -0.2) is 18.5 Å². The molecule has 68 valence electrons. The highest BCUT2D eigenvalue weighted by Crippen LogP contribution is 2.15. The Labute approximate surface area is 71.3 Å². The van der Waals surface area contributed by atoms with Gasteiger partial charge in [0.05, 0.1) is 12.0 Å². The van der Waals surface area contributed by atoms with Gasteiger partial charge in [-0.1, -0.05) is 0 Å². The number of nitrogens with two attached hydrogens (primary N) is 1. The highest BCUT2D eigenvalue weighted by molar-refractivity contribution is 7.89. The topological polar surface area (TPSA) is 78.0 Å². The first-order valence-corrected chi connectivity index (χ1v) is 5.01. The molecule has 0 spiro atoms. The van der Waals surface area contributed by atoms with Gasteiger partial charge in [0.1, 0.15) is 5.25 Å². The molecule has 1 aromatic rings. The molecule has 0 fully saturated rings. The average molecular weight is 189 g/mol.